The molecule has 0 aliphatic rings. The predicted molar refractivity (Wildman–Crippen MR) is 109 cm³/mol. The second-order valence-corrected chi connectivity index (χ2v) is 7.26. The van der Waals surface area contributed by atoms with Crippen LogP contribution in [-0.4, -0.2) is 38.4 Å². The average molecular weight is 412 g/mol. The van der Waals surface area contributed by atoms with Crippen molar-refractivity contribution in [1.82, 2.24) is 19.7 Å². The van der Waals surface area contributed by atoms with Gasteiger partial charge in [0.2, 0.25) is 0 Å². The van der Waals surface area contributed by atoms with Crippen LogP contribution in [0.1, 0.15) is 35.3 Å². The Kier molecular flexibility index (Phi) is 6.44. The predicted octanol–water partition coefficient (Wildman–Crippen LogP) is 3.59. The molecule has 0 aliphatic heterocycles. The van der Waals surface area contributed by atoms with Gasteiger partial charge >= 0.3 is 5.97 Å². The summed E-state index contributed by atoms with van der Waals surface area (Å²) in [4.78, 5) is 21.3. The molecule has 3 aromatic rings. The van der Waals surface area contributed by atoms with Crippen molar-refractivity contribution in [2.24, 2.45) is 0 Å². The maximum absolute atomic E-state index is 13.2. The zero-order valence-electron chi connectivity index (χ0n) is 17.8. The third kappa shape index (κ3) is 5.20. The highest BCUT2D eigenvalue weighted by molar-refractivity contribution is 5.73. The fourth-order valence-corrected chi connectivity index (χ4v) is 3.14. The fraction of sp³-hybridized carbons (Fsp3) is 0.364. The van der Waals surface area contributed by atoms with Crippen LogP contribution >= 0.6 is 0 Å². The number of hydrogen-bond donors (Lipinski definition) is 0. The quantitative estimate of drug-likeness (QED) is 0.552. The van der Waals surface area contributed by atoms with Crippen LogP contribution in [0.3, 0.4) is 0 Å². The maximum Gasteiger partial charge on any atom is 0.310 e. The minimum Gasteiger partial charge on any atom is -0.490 e. The highest BCUT2D eigenvalue weighted by Gasteiger charge is 2.19. The Balaban J connectivity index is 1.64. The van der Waals surface area contributed by atoms with E-state index >= 15 is 0 Å². The van der Waals surface area contributed by atoms with Gasteiger partial charge in [-0.15, -0.1) is 0 Å². The number of carbonyl (C=O) groups excluding carboxylic acids is 1. The zero-order chi connectivity index (χ0) is 21.8. The SMILES string of the molecule is Cc1cc(C)nc(-n2nc(C)c(CC(=O)OC(C)COc3cccc(F)c3)c2C)n1. The summed E-state index contributed by atoms with van der Waals surface area (Å²) in [5, 5.41) is 4.50. The van der Waals surface area contributed by atoms with E-state index in [1.165, 1.54) is 12.1 Å². The number of halogens is 1. The van der Waals surface area contributed by atoms with E-state index in [0.717, 1.165) is 28.3 Å². The Bertz CT molecular complexity index is 1040. The Morgan fingerprint density at radius 2 is 1.83 bits per heavy atom. The van der Waals surface area contributed by atoms with Crippen molar-refractivity contribution in [2.75, 3.05) is 6.61 Å². The average Bonchev–Trinajstić information content (AvgIpc) is 2.94. The van der Waals surface area contributed by atoms with Crippen LogP contribution < -0.4 is 4.74 Å². The normalized spacial score (nSPS) is 11.9. The molecular formula is C22H25FN4O3. The number of rotatable bonds is 7. The molecule has 7 nitrogen and oxygen atoms in total. The van der Waals surface area contributed by atoms with Gasteiger partial charge < -0.3 is 9.47 Å². The number of benzene rings is 1. The number of aromatic nitrogens is 4. The second kappa shape index (κ2) is 9.02. The van der Waals surface area contributed by atoms with Crippen molar-refractivity contribution in [3.05, 3.63) is 64.5 Å². The highest BCUT2D eigenvalue weighted by atomic mass is 19.1. The topological polar surface area (TPSA) is 79.1 Å². The monoisotopic (exact) mass is 412 g/mol. The Morgan fingerprint density at radius 1 is 1.13 bits per heavy atom. The van der Waals surface area contributed by atoms with E-state index in [1.807, 2.05) is 33.8 Å². The van der Waals surface area contributed by atoms with Gasteiger partial charge in [0.05, 0.1) is 12.1 Å². The van der Waals surface area contributed by atoms with Gasteiger partial charge in [-0.25, -0.2) is 19.0 Å². The first kappa shape index (κ1) is 21.4. The number of esters is 1. The van der Waals surface area contributed by atoms with Crippen LogP contribution in [0.2, 0.25) is 0 Å². The molecule has 0 spiro atoms. The molecule has 1 unspecified atom stereocenters. The van der Waals surface area contributed by atoms with Gasteiger partial charge in [0, 0.05) is 28.7 Å². The smallest absolute Gasteiger partial charge is 0.310 e. The fourth-order valence-electron chi connectivity index (χ4n) is 3.14. The molecule has 0 bridgehead atoms. The number of hydrogen-bond acceptors (Lipinski definition) is 6. The molecule has 0 N–H and O–H groups in total. The number of ether oxygens (including phenoxy) is 2. The molecule has 30 heavy (non-hydrogen) atoms. The third-order valence-electron chi connectivity index (χ3n) is 4.54. The molecule has 1 atom stereocenters. The van der Waals surface area contributed by atoms with Crippen LogP contribution in [0.4, 0.5) is 4.39 Å². The van der Waals surface area contributed by atoms with Crippen LogP contribution in [0, 0.1) is 33.5 Å². The molecule has 158 valence electrons. The third-order valence-corrected chi connectivity index (χ3v) is 4.54. The van der Waals surface area contributed by atoms with E-state index in [1.54, 1.807) is 23.7 Å². The van der Waals surface area contributed by atoms with Gasteiger partial charge in [-0.2, -0.15) is 5.10 Å². The number of aryl methyl sites for hydroxylation is 3. The molecule has 0 saturated heterocycles. The first-order chi connectivity index (χ1) is 14.2. The van der Waals surface area contributed by atoms with Crippen LogP contribution in [0.5, 0.6) is 5.75 Å². The van der Waals surface area contributed by atoms with Gasteiger partial charge in [-0.05, 0) is 52.8 Å². The summed E-state index contributed by atoms with van der Waals surface area (Å²) in [6.45, 7) is 9.36. The van der Waals surface area contributed by atoms with Crippen molar-refractivity contribution in [3.8, 4) is 11.7 Å². The molecule has 3 rings (SSSR count). The highest BCUT2D eigenvalue weighted by Crippen LogP contribution is 2.18. The zero-order valence-corrected chi connectivity index (χ0v) is 17.8. The lowest BCUT2D eigenvalue weighted by Crippen LogP contribution is -2.23. The number of carbonyl (C=O) groups is 1. The summed E-state index contributed by atoms with van der Waals surface area (Å²) in [6, 6.07) is 7.72. The van der Waals surface area contributed by atoms with E-state index in [4.69, 9.17) is 9.47 Å². The summed E-state index contributed by atoms with van der Waals surface area (Å²) >= 11 is 0. The second-order valence-electron chi connectivity index (χ2n) is 7.26. The molecule has 0 radical (unpaired) electrons. The molecule has 0 saturated carbocycles. The summed E-state index contributed by atoms with van der Waals surface area (Å²) in [7, 11) is 0. The van der Waals surface area contributed by atoms with Crippen molar-refractivity contribution in [2.45, 2.75) is 47.1 Å². The summed E-state index contributed by atoms with van der Waals surface area (Å²) < 4.78 is 25.8. The first-order valence-electron chi connectivity index (χ1n) is 9.68. The standard InChI is InChI=1S/C22H25FN4O3/c1-13-9-14(2)25-22(24-13)27-17(5)20(16(4)26-27)11-21(28)30-15(3)12-29-19-8-6-7-18(23)10-19/h6-10,15H,11-12H2,1-5H3. The van der Waals surface area contributed by atoms with Crippen LogP contribution in [-0.2, 0) is 16.0 Å². The molecule has 0 aliphatic carbocycles. The van der Waals surface area contributed by atoms with E-state index in [-0.39, 0.29) is 18.8 Å². The molecule has 1 aromatic carbocycles. The van der Waals surface area contributed by atoms with E-state index in [9.17, 15) is 9.18 Å². The first-order valence-corrected chi connectivity index (χ1v) is 9.68. The van der Waals surface area contributed by atoms with E-state index < -0.39 is 12.1 Å². The van der Waals surface area contributed by atoms with E-state index in [2.05, 4.69) is 15.1 Å². The molecule has 0 fully saturated rings. The lowest BCUT2D eigenvalue weighted by molar-refractivity contribution is -0.148. The molecular weight excluding hydrogens is 387 g/mol. The summed E-state index contributed by atoms with van der Waals surface area (Å²) in [6.07, 6.45) is -0.411. The number of nitrogens with zero attached hydrogens (tertiary/aromatic N) is 4. The van der Waals surface area contributed by atoms with Crippen molar-refractivity contribution < 1.29 is 18.7 Å². The van der Waals surface area contributed by atoms with Crippen molar-refractivity contribution in [1.29, 1.82) is 0 Å². The Labute approximate surface area is 174 Å². The van der Waals surface area contributed by atoms with Crippen LogP contribution in [0.25, 0.3) is 5.95 Å². The molecule has 8 heteroatoms. The lowest BCUT2D eigenvalue weighted by atomic mass is 10.1. The van der Waals surface area contributed by atoms with Crippen LogP contribution in [0.15, 0.2) is 30.3 Å². The van der Waals surface area contributed by atoms with Gasteiger partial charge in [0.15, 0.2) is 0 Å². The summed E-state index contributed by atoms with van der Waals surface area (Å²) in [5.74, 6) is 0.0919. The Hall–Kier alpha value is -3.29. The van der Waals surface area contributed by atoms with Crippen molar-refractivity contribution >= 4 is 5.97 Å². The minimum atomic E-state index is -0.487. The lowest BCUT2D eigenvalue weighted by Gasteiger charge is -2.14. The van der Waals surface area contributed by atoms with Gasteiger partial charge in [0.25, 0.3) is 5.95 Å². The van der Waals surface area contributed by atoms with Crippen molar-refractivity contribution in [3.63, 3.8) is 0 Å². The molecule has 2 heterocycles. The van der Waals surface area contributed by atoms with Gasteiger partial charge in [-0.3, -0.25) is 4.79 Å². The van der Waals surface area contributed by atoms with E-state index in [0.29, 0.717) is 11.7 Å². The Morgan fingerprint density at radius 3 is 2.50 bits per heavy atom. The summed E-state index contributed by atoms with van der Waals surface area (Å²) in [5.41, 5.74) is 3.98. The largest absolute Gasteiger partial charge is 0.490 e. The van der Waals surface area contributed by atoms with Gasteiger partial charge in [0.1, 0.15) is 24.3 Å². The minimum absolute atomic E-state index is 0.0762. The molecule has 2 aromatic heterocycles. The molecule has 0 amide bonds. The maximum atomic E-state index is 13.2. The van der Waals surface area contributed by atoms with Gasteiger partial charge in [-0.1, -0.05) is 6.07 Å².